The number of allylic oxidation sites excluding steroid dienone is 1. The highest BCUT2D eigenvalue weighted by atomic mass is 79.9. The van der Waals surface area contributed by atoms with E-state index in [-0.39, 0.29) is 54.7 Å². The molecule has 3 amide bonds. The molecule has 252 valence electrons. The number of carbonyl (C=O) groups is 4. The van der Waals surface area contributed by atoms with E-state index in [1.54, 1.807) is 17.1 Å². The second-order valence-corrected chi connectivity index (χ2v) is 14.1. The summed E-state index contributed by atoms with van der Waals surface area (Å²) in [7, 11) is 0. The van der Waals surface area contributed by atoms with Crippen LogP contribution in [0.2, 0.25) is 0 Å². The zero-order valence-electron chi connectivity index (χ0n) is 27.3. The summed E-state index contributed by atoms with van der Waals surface area (Å²) in [5, 5.41) is 13.4. The fraction of sp³-hybridized carbons (Fsp3) is 0.600. The molecule has 9 atom stereocenters. The number of alkyl halides is 1. The smallest absolute Gasteiger partial charge is 0.313 e. The highest BCUT2D eigenvalue weighted by Gasteiger charge is 2.77. The molecule has 11 heteroatoms. The first-order valence-electron chi connectivity index (χ1n) is 16.3. The third kappa shape index (κ3) is 6.69. The molecular weight excluding hydrogens is 654 g/mol. The van der Waals surface area contributed by atoms with Crippen LogP contribution in [-0.4, -0.2) is 93.0 Å². The number of esters is 1. The van der Waals surface area contributed by atoms with Gasteiger partial charge in [-0.25, -0.2) is 0 Å². The third-order valence-electron chi connectivity index (χ3n) is 9.80. The Morgan fingerprint density at radius 3 is 2.50 bits per heavy atom. The maximum atomic E-state index is 14.6. The van der Waals surface area contributed by atoms with Gasteiger partial charge in [0.15, 0.2) is 0 Å². The van der Waals surface area contributed by atoms with E-state index in [0.29, 0.717) is 24.8 Å². The van der Waals surface area contributed by atoms with Gasteiger partial charge in [0.2, 0.25) is 17.7 Å². The molecular formula is C35H48BrN3O7. The molecule has 0 saturated carbocycles. The summed E-state index contributed by atoms with van der Waals surface area (Å²) < 4.78 is 12.8. The predicted molar refractivity (Wildman–Crippen MR) is 178 cm³/mol. The van der Waals surface area contributed by atoms with Crippen molar-refractivity contribution in [3.05, 3.63) is 61.2 Å². The molecule has 10 nitrogen and oxygen atoms in total. The Bertz CT molecular complexity index is 1290. The van der Waals surface area contributed by atoms with Crippen molar-refractivity contribution in [3.63, 3.8) is 0 Å². The van der Waals surface area contributed by atoms with Crippen molar-refractivity contribution in [1.82, 2.24) is 15.1 Å². The van der Waals surface area contributed by atoms with Crippen LogP contribution in [0, 0.1) is 17.8 Å². The summed E-state index contributed by atoms with van der Waals surface area (Å²) in [6.07, 6.45) is 3.57. The van der Waals surface area contributed by atoms with Crippen molar-refractivity contribution < 1.29 is 33.8 Å². The number of hydrogen-bond acceptors (Lipinski definition) is 7. The number of likely N-dealkylation sites (tertiary alicyclic amines) is 1. The van der Waals surface area contributed by atoms with Crippen molar-refractivity contribution in [2.75, 3.05) is 19.7 Å². The van der Waals surface area contributed by atoms with E-state index >= 15 is 0 Å². The first-order chi connectivity index (χ1) is 22.0. The highest BCUT2D eigenvalue weighted by molar-refractivity contribution is 9.09. The van der Waals surface area contributed by atoms with Gasteiger partial charge >= 0.3 is 5.97 Å². The van der Waals surface area contributed by atoms with E-state index in [1.165, 1.54) is 4.90 Å². The van der Waals surface area contributed by atoms with Crippen LogP contribution in [-0.2, 0) is 28.7 Å². The molecule has 3 aliphatic rings. The normalized spacial score (nSPS) is 28.4. The summed E-state index contributed by atoms with van der Waals surface area (Å²) in [5.74, 6) is -3.63. The lowest BCUT2D eigenvalue weighted by atomic mass is 9.70. The van der Waals surface area contributed by atoms with Gasteiger partial charge in [-0.2, -0.15) is 0 Å². The topological polar surface area (TPSA) is 125 Å². The van der Waals surface area contributed by atoms with Gasteiger partial charge in [0.25, 0.3) is 0 Å². The number of nitrogens with one attached hydrogen (secondary N) is 1. The molecule has 3 aliphatic heterocycles. The molecule has 46 heavy (non-hydrogen) atoms. The molecule has 1 aromatic rings. The van der Waals surface area contributed by atoms with Crippen LogP contribution < -0.4 is 5.32 Å². The van der Waals surface area contributed by atoms with Crippen LogP contribution in [0.4, 0.5) is 0 Å². The highest BCUT2D eigenvalue weighted by Crippen LogP contribution is 2.61. The minimum atomic E-state index is -1.30. The number of aliphatic hydroxyl groups excluding tert-OH is 1. The summed E-state index contributed by atoms with van der Waals surface area (Å²) >= 11 is 3.71. The van der Waals surface area contributed by atoms with E-state index in [4.69, 9.17) is 9.47 Å². The molecule has 3 fully saturated rings. The summed E-state index contributed by atoms with van der Waals surface area (Å²) in [6.45, 7) is 15.2. The van der Waals surface area contributed by atoms with Crippen LogP contribution in [0.25, 0.3) is 0 Å². The van der Waals surface area contributed by atoms with Gasteiger partial charge in [-0.05, 0) is 38.2 Å². The second kappa shape index (κ2) is 15.3. The van der Waals surface area contributed by atoms with E-state index < -0.39 is 53.6 Å². The van der Waals surface area contributed by atoms with Crippen molar-refractivity contribution in [2.24, 2.45) is 17.8 Å². The first kappa shape index (κ1) is 35.8. The molecule has 1 aromatic carbocycles. The Balaban J connectivity index is 1.73. The Hall–Kier alpha value is -3.02. The minimum Gasteiger partial charge on any atom is -0.455 e. The number of hydrogen-bond donors (Lipinski definition) is 2. The number of amides is 3. The Labute approximate surface area is 280 Å². The molecule has 4 rings (SSSR count). The number of ether oxygens (including phenoxy) is 2. The van der Waals surface area contributed by atoms with Gasteiger partial charge in [0.1, 0.15) is 17.7 Å². The molecule has 0 radical (unpaired) electrons. The van der Waals surface area contributed by atoms with Crippen LogP contribution in [0.5, 0.6) is 0 Å². The van der Waals surface area contributed by atoms with Gasteiger partial charge in [0.05, 0.1) is 37.1 Å². The maximum Gasteiger partial charge on any atom is 0.313 e. The molecule has 0 aliphatic carbocycles. The number of rotatable bonds is 16. The fourth-order valence-corrected chi connectivity index (χ4v) is 8.22. The fourth-order valence-electron chi connectivity index (χ4n) is 7.28. The van der Waals surface area contributed by atoms with Crippen molar-refractivity contribution in [2.45, 2.75) is 94.1 Å². The van der Waals surface area contributed by atoms with Gasteiger partial charge in [0, 0.05) is 23.8 Å². The maximum absolute atomic E-state index is 14.6. The lowest BCUT2D eigenvalue weighted by molar-refractivity contribution is -0.161. The minimum absolute atomic E-state index is 0.0458. The van der Waals surface area contributed by atoms with Crippen LogP contribution in [0.3, 0.4) is 0 Å². The quantitative estimate of drug-likeness (QED) is 0.152. The van der Waals surface area contributed by atoms with E-state index in [0.717, 1.165) is 0 Å². The summed E-state index contributed by atoms with van der Waals surface area (Å²) in [6, 6.07) is 7.23. The Kier molecular flexibility index (Phi) is 11.9. The second-order valence-electron chi connectivity index (χ2n) is 12.9. The number of fused-ring (bicyclic) bond motifs is 1. The number of benzene rings is 1. The van der Waals surface area contributed by atoms with Gasteiger partial charge in [-0.3, -0.25) is 19.2 Å². The standard InChI is InChI=1S/C35H48BrN3O7/c1-7-10-16-27(41)37-19-26(23-14-12-11-13-15-23)45-34(44)28-29-32(42)39(25(20-40)22(6)9-3)31(33(43)38(17-8-2)21(4)5)35(29)18-24(36)30(28)46-35/h7-8,11-15,21-22,24-26,28-31,40H,1-2,9-10,16-20H2,3-6H3,(H,37,41)/t22-,24?,25-,26-,28+,29-,30+,31+,35-/m0/s1. The molecule has 2 bridgehead atoms. The predicted octanol–water partition coefficient (Wildman–Crippen LogP) is 3.93. The number of halogens is 1. The number of carbonyl (C=O) groups excluding carboxylic acids is 4. The lowest BCUT2D eigenvalue weighted by Crippen LogP contribution is -2.60. The summed E-state index contributed by atoms with van der Waals surface area (Å²) in [5.41, 5.74) is -0.608. The van der Waals surface area contributed by atoms with E-state index in [1.807, 2.05) is 58.0 Å². The van der Waals surface area contributed by atoms with Crippen molar-refractivity contribution >= 4 is 39.6 Å². The third-order valence-corrected chi connectivity index (χ3v) is 10.6. The van der Waals surface area contributed by atoms with Crippen molar-refractivity contribution in [1.29, 1.82) is 0 Å². The Morgan fingerprint density at radius 2 is 1.91 bits per heavy atom. The monoisotopic (exact) mass is 701 g/mol. The number of aliphatic hydroxyl groups is 1. The van der Waals surface area contributed by atoms with Gasteiger partial charge in [-0.15, -0.1) is 13.2 Å². The first-order valence-corrected chi connectivity index (χ1v) is 17.2. The summed E-state index contributed by atoms with van der Waals surface area (Å²) in [4.78, 5) is 58.6. The van der Waals surface area contributed by atoms with E-state index in [9.17, 15) is 24.3 Å². The SMILES string of the molecule is C=CCCC(=O)NC[C@H](OC(=O)[C@H]1[C@@H]2O[C@@]3(CC2Br)[C@@H]1C(=O)N([C@@H](CO)[C@@H](C)CC)[C@@H]3C(=O)N(CC=C)C(C)C)c1ccccc1. The zero-order valence-corrected chi connectivity index (χ0v) is 28.9. The molecule has 1 unspecified atom stereocenters. The number of nitrogens with zero attached hydrogens (tertiary/aromatic N) is 2. The van der Waals surface area contributed by atoms with Crippen molar-refractivity contribution in [3.8, 4) is 0 Å². The van der Waals surface area contributed by atoms with Gasteiger partial charge in [-0.1, -0.05) is 78.7 Å². The van der Waals surface area contributed by atoms with Gasteiger partial charge < -0.3 is 29.7 Å². The average Bonchev–Trinajstić information content (AvgIpc) is 3.64. The van der Waals surface area contributed by atoms with Crippen LogP contribution in [0.1, 0.15) is 65.0 Å². The molecule has 3 heterocycles. The van der Waals surface area contributed by atoms with Crippen LogP contribution >= 0.6 is 15.9 Å². The van der Waals surface area contributed by atoms with Crippen LogP contribution in [0.15, 0.2) is 55.6 Å². The molecule has 0 aromatic heterocycles. The van der Waals surface area contributed by atoms with E-state index in [2.05, 4.69) is 34.4 Å². The molecule has 2 N–H and O–H groups in total. The molecule has 3 saturated heterocycles. The molecule has 1 spiro atoms. The lowest BCUT2D eigenvalue weighted by Gasteiger charge is -2.41. The largest absolute Gasteiger partial charge is 0.455 e. The Morgan fingerprint density at radius 1 is 1.22 bits per heavy atom. The average molecular weight is 703 g/mol. The zero-order chi connectivity index (χ0) is 33.8.